The van der Waals surface area contributed by atoms with Crippen LogP contribution in [0.4, 0.5) is 0 Å². The molecule has 0 aliphatic heterocycles. The lowest BCUT2D eigenvalue weighted by Gasteiger charge is -2.13. The van der Waals surface area contributed by atoms with Crippen LogP contribution in [0, 0.1) is 0 Å². The molecule has 3 rings (SSSR count). The van der Waals surface area contributed by atoms with Crippen molar-refractivity contribution in [3.63, 3.8) is 0 Å². The van der Waals surface area contributed by atoms with Crippen LogP contribution in [0.15, 0.2) is 40.1 Å². The van der Waals surface area contributed by atoms with Crippen molar-refractivity contribution in [1.82, 2.24) is 4.31 Å². The van der Waals surface area contributed by atoms with Crippen LogP contribution >= 0.6 is 11.3 Å². The number of nitrogens with zero attached hydrogens (tertiary/aromatic N) is 1. The number of sulfonamides is 2. The first-order valence-electron chi connectivity index (χ1n) is 7.06. The Labute approximate surface area is 149 Å². The highest BCUT2D eigenvalue weighted by atomic mass is 32.2. The van der Waals surface area contributed by atoms with Crippen LogP contribution < -0.4 is 9.88 Å². The van der Waals surface area contributed by atoms with E-state index in [-0.39, 0.29) is 9.79 Å². The largest absolute Gasteiger partial charge is 0.495 e. The maximum atomic E-state index is 12.7. The summed E-state index contributed by atoms with van der Waals surface area (Å²) in [5.74, 6) is 0.520. The molecule has 0 aliphatic carbocycles. The fourth-order valence-electron chi connectivity index (χ4n) is 2.55. The van der Waals surface area contributed by atoms with E-state index in [9.17, 15) is 16.8 Å². The van der Waals surface area contributed by atoms with Crippen molar-refractivity contribution in [3.8, 4) is 5.75 Å². The number of benzene rings is 2. The monoisotopic (exact) mass is 400 g/mol. The van der Waals surface area contributed by atoms with Gasteiger partial charge in [-0.1, -0.05) is 0 Å². The molecular formula is C15H16N2O5S3. The molecule has 2 N–H and O–H groups in total. The second-order valence-electron chi connectivity index (χ2n) is 5.56. The van der Waals surface area contributed by atoms with Crippen molar-refractivity contribution in [2.45, 2.75) is 9.79 Å². The normalized spacial score (nSPS) is 13.0. The van der Waals surface area contributed by atoms with Crippen molar-refractivity contribution in [3.05, 3.63) is 30.3 Å². The minimum Gasteiger partial charge on any atom is -0.495 e. The van der Waals surface area contributed by atoms with Gasteiger partial charge in [0.1, 0.15) is 5.75 Å². The summed E-state index contributed by atoms with van der Waals surface area (Å²) in [4.78, 5) is 0.0156. The van der Waals surface area contributed by atoms with Gasteiger partial charge in [0.05, 0.1) is 21.6 Å². The van der Waals surface area contributed by atoms with Crippen molar-refractivity contribution in [2.75, 3.05) is 21.2 Å². The van der Waals surface area contributed by atoms with Gasteiger partial charge in [-0.05, 0) is 30.3 Å². The number of hydrogen-bond donors (Lipinski definition) is 1. The third-order valence-corrected chi connectivity index (χ3v) is 7.78. The summed E-state index contributed by atoms with van der Waals surface area (Å²) >= 11 is 1.33. The summed E-state index contributed by atoms with van der Waals surface area (Å²) in [7, 11) is -3.27. The molecule has 0 unspecified atom stereocenters. The molecule has 2 aromatic carbocycles. The number of primary sulfonamides is 1. The molecular weight excluding hydrogens is 384 g/mol. The van der Waals surface area contributed by atoms with Crippen molar-refractivity contribution < 1.29 is 21.6 Å². The van der Waals surface area contributed by atoms with Crippen molar-refractivity contribution >= 4 is 51.6 Å². The van der Waals surface area contributed by atoms with E-state index in [2.05, 4.69) is 0 Å². The smallest absolute Gasteiger partial charge is 0.243 e. The van der Waals surface area contributed by atoms with Gasteiger partial charge < -0.3 is 4.74 Å². The molecule has 0 spiro atoms. The van der Waals surface area contributed by atoms with E-state index >= 15 is 0 Å². The predicted molar refractivity (Wildman–Crippen MR) is 98.1 cm³/mol. The summed E-state index contributed by atoms with van der Waals surface area (Å²) in [5.41, 5.74) is 0. The van der Waals surface area contributed by atoms with Crippen LogP contribution in [0.3, 0.4) is 0 Å². The van der Waals surface area contributed by atoms with Gasteiger partial charge >= 0.3 is 0 Å². The molecule has 0 saturated heterocycles. The Balaban J connectivity index is 2.54. The Morgan fingerprint density at radius 1 is 1.08 bits per heavy atom. The highest BCUT2D eigenvalue weighted by molar-refractivity contribution is 7.89. The fraction of sp³-hybridized carbons (Fsp3) is 0.200. The molecule has 0 saturated carbocycles. The van der Waals surface area contributed by atoms with Crippen LogP contribution in [-0.4, -0.2) is 42.3 Å². The summed E-state index contributed by atoms with van der Waals surface area (Å²) < 4.78 is 56.6. The van der Waals surface area contributed by atoms with Gasteiger partial charge in [0.2, 0.25) is 20.0 Å². The van der Waals surface area contributed by atoms with Gasteiger partial charge in [-0.2, -0.15) is 0 Å². The molecule has 0 bridgehead atoms. The Bertz CT molecular complexity index is 1190. The minimum absolute atomic E-state index is 0.0734. The maximum Gasteiger partial charge on any atom is 0.243 e. The third kappa shape index (κ3) is 2.89. The first-order valence-corrected chi connectivity index (χ1v) is 10.9. The number of fused-ring (bicyclic) bond motifs is 3. The first-order chi connectivity index (χ1) is 11.6. The molecule has 0 amide bonds. The quantitative estimate of drug-likeness (QED) is 0.720. The molecule has 0 fully saturated rings. The SMILES string of the molecule is COc1ccc(S(=O)(=O)N(C)C)c2c1sc1ccc(S(N)(=O)=O)cc12. The Morgan fingerprint density at radius 3 is 2.32 bits per heavy atom. The highest BCUT2D eigenvalue weighted by Crippen LogP contribution is 2.43. The highest BCUT2D eigenvalue weighted by Gasteiger charge is 2.25. The van der Waals surface area contributed by atoms with E-state index in [1.165, 1.54) is 50.7 Å². The van der Waals surface area contributed by atoms with Crippen LogP contribution in [0.2, 0.25) is 0 Å². The molecule has 25 heavy (non-hydrogen) atoms. The van der Waals surface area contributed by atoms with E-state index in [1.54, 1.807) is 12.1 Å². The molecule has 0 atom stereocenters. The lowest BCUT2D eigenvalue weighted by Crippen LogP contribution is -2.22. The number of nitrogens with two attached hydrogens (primary N) is 1. The zero-order valence-corrected chi connectivity index (χ0v) is 16.1. The average molecular weight is 401 g/mol. The first kappa shape index (κ1) is 18.1. The van der Waals surface area contributed by atoms with E-state index in [0.29, 0.717) is 21.2 Å². The van der Waals surface area contributed by atoms with E-state index in [4.69, 9.17) is 9.88 Å². The van der Waals surface area contributed by atoms with Crippen LogP contribution in [-0.2, 0) is 20.0 Å². The number of thiophene rings is 1. The number of rotatable bonds is 4. The van der Waals surface area contributed by atoms with Crippen LogP contribution in [0.5, 0.6) is 5.75 Å². The lowest BCUT2D eigenvalue weighted by atomic mass is 10.1. The van der Waals surface area contributed by atoms with Gasteiger partial charge in [0.25, 0.3) is 0 Å². The molecule has 134 valence electrons. The van der Waals surface area contributed by atoms with Gasteiger partial charge in [0, 0.05) is 29.6 Å². The second-order valence-corrected chi connectivity index (χ2v) is 10.3. The van der Waals surface area contributed by atoms with Gasteiger partial charge in [0.15, 0.2) is 0 Å². The van der Waals surface area contributed by atoms with Crippen LogP contribution in [0.25, 0.3) is 20.2 Å². The second kappa shape index (κ2) is 5.92. The standard InChI is InChI=1S/C15H16N2O5S3/c1-17(2)25(20,21)13-7-5-11(22-3)15-14(13)10-8-9(24(16,18)19)4-6-12(10)23-15/h4-8H,1-3H3,(H2,16,18,19). The molecule has 0 aliphatic rings. The zero-order chi connectivity index (χ0) is 18.6. The molecule has 10 heteroatoms. The summed E-state index contributed by atoms with van der Waals surface area (Å²) in [6.45, 7) is 0. The summed E-state index contributed by atoms with van der Waals surface area (Å²) in [5, 5.41) is 6.15. The van der Waals surface area contributed by atoms with E-state index in [1.807, 2.05) is 0 Å². The van der Waals surface area contributed by atoms with E-state index < -0.39 is 20.0 Å². The summed E-state index contributed by atoms with van der Waals surface area (Å²) in [6.07, 6.45) is 0. The van der Waals surface area contributed by atoms with Crippen LogP contribution in [0.1, 0.15) is 0 Å². The van der Waals surface area contributed by atoms with Crippen molar-refractivity contribution in [1.29, 1.82) is 0 Å². The number of ether oxygens (including phenoxy) is 1. The number of hydrogen-bond acceptors (Lipinski definition) is 6. The Morgan fingerprint density at radius 2 is 1.76 bits per heavy atom. The number of methoxy groups -OCH3 is 1. The maximum absolute atomic E-state index is 12.7. The molecule has 0 radical (unpaired) electrons. The Hall–Kier alpha value is -1.72. The van der Waals surface area contributed by atoms with E-state index in [0.717, 1.165) is 9.01 Å². The van der Waals surface area contributed by atoms with Gasteiger partial charge in [-0.25, -0.2) is 26.3 Å². The predicted octanol–water partition coefficient (Wildman–Crippen LogP) is 1.96. The Kier molecular flexibility index (Phi) is 4.28. The summed E-state index contributed by atoms with van der Waals surface area (Å²) in [6, 6.07) is 7.48. The minimum atomic E-state index is -3.91. The topological polar surface area (TPSA) is 107 Å². The fourth-order valence-corrected chi connectivity index (χ4v) is 5.46. The van der Waals surface area contributed by atoms with Crippen molar-refractivity contribution in [2.24, 2.45) is 5.14 Å². The zero-order valence-electron chi connectivity index (χ0n) is 13.7. The molecule has 7 nitrogen and oxygen atoms in total. The molecule has 1 heterocycles. The molecule has 1 aromatic heterocycles. The van der Waals surface area contributed by atoms with Gasteiger partial charge in [-0.3, -0.25) is 0 Å². The lowest BCUT2D eigenvalue weighted by molar-refractivity contribution is 0.420. The third-order valence-electron chi connectivity index (χ3n) is 3.82. The average Bonchev–Trinajstić information content (AvgIpc) is 2.91. The van der Waals surface area contributed by atoms with Gasteiger partial charge in [-0.15, -0.1) is 11.3 Å². The molecule has 3 aromatic rings.